The fourth-order valence-corrected chi connectivity index (χ4v) is 3.77. The third-order valence-corrected chi connectivity index (χ3v) is 5.44. The average Bonchev–Trinajstić information content (AvgIpc) is 2.98. The minimum absolute atomic E-state index is 0.00927. The number of rotatable bonds is 6. The number of esters is 1. The summed E-state index contributed by atoms with van der Waals surface area (Å²) in [6, 6.07) is 5.27. The van der Waals surface area contributed by atoms with Crippen molar-refractivity contribution in [2.75, 3.05) is 0 Å². The third-order valence-electron chi connectivity index (χ3n) is 2.83. The SMILES string of the molecule is CC(C)OC(=O)/C(NN)=C(/N)Sc1nc(-c2ccc(Cl)c(Cl)c2)cs1. The van der Waals surface area contributed by atoms with Crippen LogP contribution in [-0.4, -0.2) is 17.1 Å². The maximum Gasteiger partial charge on any atom is 0.358 e. The number of halogens is 2. The average molecular weight is 419 g/mol. The monoisotopic (exact) mass is 418 g/mol. The molecule has 134 valence electrons. The van der Waals surface area contributed by atoms with Crippen LogP contribution in [0, 0.1) is 0 Å². The van der Waals surface area contributed by atoms with Crippen molar-refractivity contribution in [2.24, 2.45) is 11.6 Å². The van der Waals surface area contributed by atoms with Gasteiger partial charge in [0.05, 0.1) is 21.8 Å². The second kappa shape index (κ2) is 8.77. The van der Waals surface area contributed by atoms with Crippen LogP contribution in [0.25, 0.3) is 11.3 Å². The quantitative estimate of drug-likeness (QED) is 0.215. The molecule has 0 aliphatic rings. The van der Waals surface area contributed by atoms with E-state index in [1.807, 2.05) is 11.4 Å². The van der Waals surface area contributed by atoms with Gasteiger partial charge in [-0.3, -0.25) is 5.84 Å². The van der Waals surface area contributed by atoms with E-state index in [1.54, 1.807) is 26.0 Å². The third kappa shape index (κ3) is 5.26. The number of hydrogen-bond acceptors (Lipinski definition) is 8. The van der Waals surface area contributed by atoms with Gasteiger partial charge in [0.25, 0.3) is 0 Å². The number of nitrogens with two attached hydrogens (primary N) is 2. The minimum atomic E-state index is -0.622. The summed E-state index contributed by atoms with van der Waals surface area (Å²) in [6.45, 7) is 3.47. The van der Waals surface area contributed by atoms with Crippen molar-refractivity contribution < 1.29 is 9.53 Å². The van der Waals surface area contributed by atoms with Gasteiger partial charge in [-0.2, -0.15) is 0 Å². The van der Waals surface area contributed by atoms with Crippen molar-refractivity contribution in [3.05, 3.63) is 44.4 Å². The Kier molecular flexibility index (Phi) is 6.97. The molecule has 0 aliphatic carbocycles. The number of hydrogen-bond donors (Lipinski definition) is 3. The number of thioether (sulfide) groups is 1. The smallest absolute Gasteiger partial charge is 0.358 e. The van der Waals surface area contributed by atoms with E-state index in [2.05, 4.69) is 10.4 Å². The largest absolute Gasteiger partial charge is 0.458 e. The fourth-order valence-electron chi connectivity index (χ4n) is 1.74. The first-order valence-electron chi connectivity index (χ1n) is 7.08. The maximum atomic E-state index is 12.0. The predicted octanol–water partition coefficient (Wildman–Crippen LogP) is 3.75. The fraction of sp³-hybridized carbons (Fsp3) is 0.200. The van der Waals surface area contributed by atoms with Crippen LogP contribution in [0.4, 0.5) is 0 Å². The Morgan fingerprint density at radius 1 is 1.36 bits per heavy atom. The Morgan fingerprint density at radius 2 is 2.08 bits per heavy atom. The van der Waals surface area contributed by atoms with Gasteiger partial charge in [-0.25, -0.2) is 9.78 Å². The molecule has 1 aromatic heterocycles. The first-order chi connectivity index (χ1) is 11.8. The van der Waals surface area contributed by atoms with Crippen LogP contribution in [0.15, 0.2) is 38.6 Å². The van der Waals surface area contributed by atoms with Gasteiger partial charge >= 0.3 is 5.97 Å². The minimum Gasteiger partial charge on any atom is -0.458 e. The van der Waals surface area contributed by atoms with E-state index in [0.717, 1.165) is 23.0 Å². The number of thiazole rings is 1. The molecule has 0 unspecified atom stereocenters. The van der Waals surface area contributed by atoms with E-state index in [4.69, 9.17) is 39.5 Å². The standard InChI is InChI=1S/C15H16Cl2N4O2S2/c1-7(2)23-14(22)12(21-19)13(18)25-15-20-11(6-24-15)8-3-4-9(16)10(17)5-8/h3-7,21H,18-19H2,1-2H3/b13-12+. The van der Waals surface area contributed by atoms with Gasteiger partial charge in [0.2, 0.25) is 0 Å². The van der Waals surface area contributed by atoms with Crippen LogP contribution in [0.3, 0.4) is 0 Å². The highest BCUT2D eigenvalue weighted by Gasteiger charge is 2.18. The molecule has 6 nitrogen and oxygen atoms in total. The van der Waals surface area contributed by atoms with E-state index in [0.29, 0.717) is 14.4 Å². The molecule has 0 fully saturated rings. The van der Waals surface area contributed by atoms with E-state index in [9.17, 15) is 4.79 Å². The number of hydrazine groups is 1. The van der Waals surface area contributed by atoms with Gasteiger partial charge in [0.1, 0.15) is 5.03 Å². The lowest BCUT2D eigenvalue weighted by Gasteiger charge is -2.12. The molecule has 25 heavy (non-hydrogen) atoms. The number of carbonyl (C=O) groups is 1. The molecule has 2 aromatic rings. The van der Waals surface area contributed by atoms with Crippen LogP contribution in [0.5, 0.6) is 0 Å². The molecule has 0 radical (unpaired) electrons. The van der Waals surface area contributed by atoms with Crippen molar-refractivity contribution in [1.29, 1.82) is 0 Å². The lowest BCUT2D eigenvalue weighted by molar-refractivity contribution is -0.143. The molecule has 0 saturated heterocycles. The molecule has 0 atom stereocenters. The number of nitrogens with one attached hydrogen (secondary N) is 1. The van der Waals surface area contributed by atoms with Crippen LogP contribution in [-0.2, 0) is 9.53 Å². The second-order valence-corrected chi connectivity index (χ2v) is 8.03. The molecule has 2 rings (SSSR count). The summed E-state index contributed by atoms with van der Waals surface area (Å²) in [5.41, 5.74) is 9.79. The van der Waals surface area contributed by atoms with Crippen LogP contribution >= 0.6 is 46.3 Å². The molecule has 5 N–H and O–H groups in total. The van der Waals surface area contributed by atoms with Gasteiger partial charge in [-0.05, 0) is 37.7 Å². The molecule has 0 saturated carbocycles. The van der Waals surface area contributed by atoms with Gasteiger partial charge in [0, 0.05) is 10.9 Å². The molecular weight excluding hydrogens is 403 g/mol. The number of benzene rings is 1. The van der Waals surface area contributed by atoms with E-state index < -0.39 is 5.97 Å². The summed E-state index contributed by atoms with van der Waals surface area (Å²) in [5, 5.41) is 2.96. The summed E-state index contributed by atoms with van der Waals surface area (Å²) in [6.07, 6.45) is -0.283. The van der Waals surface area contributed by atoms with Crippen LogP contribution in [0.2, 0.25) is 10.0 Å². The van der Waals surface area contributed by atoms with Gasteiger partial charge in [-0.1, -0.05) is 29.3 Å². The van der Waals surface area contributed by atoms with Crippen molar-refractivity contribution in [3.8, 4) is 11.3 Å². The zero-order valence-corrected chi connectivity index (χ0v) is 16.5. The lowest BCUT2D eigenvalue weighted by Crippen LogP contribution is -2.31. The molecule has 0 bridgehead atoms. The second-order valence-electron chi connectivity index (χ2n) is 5.07. The van der Waals surface area contributed by atoms with Crippen molar-refractivity contribution in [1.82, 2.24) is 10.4 Å². The van der Waals surface area contributed by atoms with Crippen LogP contribution < -0.4 is 17.0 Å². The number of ether oxygens (including phenoxy) is 1. The summed E-state index contributed by atoms with van der Waals surface area (Å²) in [4.78, 5) is 16.4. The number of nitrogens with zero attached hydrogens (tertiary/aromatic N) is 1. The Morgan fingerprint density at radius 3 is 2.68 bits per heavy atom. The van der Waals surface area contributed by atoms with Crippen molar-refractivity contribution in [2.45, 2.75) is 24.3 Å². The molecule has 1 heterocycles. The van der Waals surface area contributed by atoms with E-state index >= 15 is 0 Å². The zero-order valence-electron chi connectivity index (χ0n) is 13.4. The summed E-state index contributed by atoms with van der Waals surface area (Å²) >= 11 is 14.4. The maximum absolute atomic E-state index is 12.0. The molecule has 10 heteroatoms. The normalized spacial score (nSPS) is 12.1. The zero-order chi connectivity index (χ0) is 18.6. The Balaban J connectivity index is 2.20. The van der Waals surface area contributed by atoms with Gasteiger partial charge < -0.3 is 15.9 Å². The Labute approximate surface area is 163 Å². The predicted molar refractivity (Wildman–Crippen MR) is 103 cm³/mol. The van der Waals surface area contributed by atoms with E-state index in [-0.39, 0.29) is 16.8 Å². The first kappa shape index (κ1) is 19.9. The number of carbonyl (C=O) groups excluding carboxylic acids is 1. The van der Waals surface area contributed by atoms with Crippen molar-refractivity contribution >= 4 is 52.3 Å². The topological polar surface area (TPSA) is 103 Å². The highest BCUT2D eigenvalue weighted by molar-refractivity contribution is 8.04. The highest BCUT2D eigenvalue weighted by Crippen LogP contribution is 2.33. The van der Waals surface area contributed by atoms with Gasteiger partial charge in [-0.15, -0.1) is 11.3 Å². The first-order valence-corrected chi connectivity index (χ1v) is 9.53. The lowest BCUT2D eigenvalue weighted by atomic mass is 10.2. The van der Waals surface area contributed by atoms with Crippen LogP contribution in [0.1, 0.15) is 13.8 Å². The highest BCUT2D eigenvalue weighted by atomic mass is 35.5. The Hall–Kier alpha value is -1.45. The molecule has 0 spiro atoms. The summed E-state index contributed by atoms with van der Waals surface area (Å²) in [5.74, 6) is 4.76. The molecule has 1 aromatic carbocycles. The van der Waals surface area contributed by atoms with Crippen molar-refractivity contribution in [3.63, 3.8) is 0 Å². The van der Waals surface area contributed by atoms with Gasteiger partial charge in [0.15, 0.2) is 10.0 Å². The molecule has 0 aliphatic heterocycles. The summed E-state index contributed by atoms with van der Waals surface area (Å²) < 4.78 is 5.73. The Bertz CT molecular complexity index is 809. The molecule has 0 amide bonds. The molecular formula is C15H16Cl2N4O2S2. The van der Waals surface area contributed by atoms with E-state index in [1.165, 1.54) is 11.3 Å². The number of aromatic nitrogens is 1. The summed E-state index contributed by atoms with van der Waals surface area (Å²) in [7, 11) is 0.